The van der Waals surface area contributed by atoms with Crippen molar-refractivity contribution in [1.82, 2.24) is 9.78 Å². The van der Waals surface area contributed by atoms with Gasteiger partial charge >= 0.3 is 0 Å². The number of carbonyl (C=O) groups excluding carboxylic acids is 1. The van der Waals surface area contributed by atoms with Crippen LogP contribution in [-0.2, 0) is 11.3 Å². The molecule has 0 unspecified atom stereocenters. The molecule has 0 bridgehead atoms. The van der Waals surface area contributed by atoms with Gasteiger partial charge in [0.2, 0.25) is 5.91 Å². The molecule has 1 heterocycles. The largest absolute Gasteiger partial charge is 0.384 e. The predicted octanol–water partition coefficient (Wildman–Crippen LogP) is 1.48. The standard InChI is InChI=1S/C16H17N3O2/c1-12-10-13(2)19(18-12)11-16(21)17-15-7-5-14(6-8-15)4-3-9-20/h5-8,10,20H,9,11H2,1-2H3,(H,17,21). The zero-order chi connectivity index (χ0) is 15.2. The molecule has 5 nitrogen and oxygen atoms in total. The second-order valence-corrected chi connectivity index (χ2v) is 4.67. The highest BCUT2D eigenvalue weighted by atomic mass is 16.2. The highest BCUT2D eigenvalue weighted by molar-refractivity contribution is 5.90. The zero-order valence-corrected chi connectivity index (χ0v) is 12.1. The van der Waals surface area contributed by atoms with Gasteiger partial charge in [0, 0.05) is 16.9 Å². The zero-order valence-electron chi connectivity index (χ0n) is 12.1. The van der Waals surface area contributed by atoms with Crippen LogP contribution in [0.1, 0.15) is 17.0 Å². The molecule has 2 rings (SSSR count). The first-order chi connectivity index (χ1) is 10.1. The van der Waals surface area contributed by atoms with Crippen molar-refractivity contribution in [2.24, 2.45) is 0 Å². The van der Waals surface area contributed by atoms with Crippen LogP contribution in [0.2, 0.25) is 0 Å². The van der Waals surface area contributed by atoms with Gasteiger partial charge in [-0.3, -0.25) is 9.48 Å². The second-order valence-electron chi connectivity index (χ2n) is 4.67. The number of benzene rings is 1. The Bertz CT molecular complexity index is 691. The first kappa shape index (κ1) is 14.8. The third-order valence-electron chi connectivity index (χ3n) is 2.88. The number of hydrogen-bond acceptors (Lipinski definition) is 3. The molecule has 0 aliphatic carbocycles. The summed E-state index contributed by atoms with van der Waals surface area (Å²) in [5, 5.41) is 15.7. The van der Waals surface area contributed by atoms with E-state index in [-0.39, 0.29) is 19.1 Å². The summed E-state index contributed by atoms with van der Waals surface area (Å²) >= 11 is 0. The number of nitrogens with zero attached hydrogens (tertiary/aromatic N) is 2. The minimum atomic E-state index is -0.166. The quantitative estimate of drug-likeness (QED) is 0.839. The molecule has 1 amide bonds. The Balaban J connectivity index is 1.98. The Morgan fingerprint density at radius 2 is 2.05 bits per heavy atom. The van der Waals surface area contributed by atoms with Gasteiger partial charge in [0.1, 0.15) is 13.2 Å². The number of rotatable bonds is 3. The molecule has 1 aromatic heterocycles. The number of amides is 1. The van der Waals surface area contributed by atoms with Crippen molar-refractivity contribution < 1.29 is 9.90 Å². The topological polar surface area (TPSA) is 67.2 Å². The fourth-order valence-electron chi connectivity index (χ4n) is 1.95. The molecule has 0 atom stereocenters. The van der Waals surface area contributed by atoms with Crippen LogP contribution < -0.4 is 5.32 Å². The number of anilines is 1. The maximum Gasteiger partial charge on any atom is 0.246 e. The summed E-state index contributed by atoms with van der Waals surface area (Å²) < 4.78 is 1.67. The van der Waals surface area contributed by atoms with Gasteiger partial charge in [-0.2, -0.15) is 5.10 Å². The molecular weight excluding hydrogens is 266 g/mol. The van der Waals surface area contributed by atoms with Crippen LogP contribution in [0.25, 0.3) is 0 Å². The highest BCUT2D eigenvalue weighted by Crippen LogP contribution is 2.09. The molecular formula is C16H17N3O2. The number of nitrogens with one attached hydrogen (secondary N) is 1. The third kappa shape index (κ3) is 4.20. The van der Waals surface area contributed by atoms with Gasteiger partial charge in [0.25, 0.3) is 0 Å². The van der Waals surface area contributed by atoms with Gasteiger partial charge in [-0.05, 0) is 44.2 Å². The molecule has 2 N–H and O–H groups in total. The molecule has 21 heavy (non-hydrogen) atoms. The van der Waals surface area contributed by atoms with Crippen molar-refractivity contribution in [3.8, 4) is 11.8 Å². The summed E-state index contributed by atoms with van der Waals surface area (Å²) in [6.45, 7) is 3.84. The number of aromatic nitrogens is 2. The van der Waals surface area contributed by atoms with E-state index in [0.29, 0.717) is 5.69 Å². The summed E-state index contributed by atoms with van der Waals surface area (Å²) in [5.41, 5.74) is 3.35. The maximum atomic E-state index is 12.0. The lowest BCUT2D eigenvalue weighted by Crippen LogP contribution is -2.20. The third-order valence-corrected chi connectivity index (χ3v) is 2.88. The number of carbonyl (C=O) groups is 1. The predicted molar refractivity (Wildman–Crippen MR) is 80.7 cm³/mol. The van der Waals surface area contributed by atoms with Gasteiger partial charge in [0.05, 0.1) is 5.69 Å². The Labute approximate surface area is 123 Å². The van der Waals surface area contributed by atoms with Crippen LogP contribution in [0.4, 0.5) is 5.69 Å². The van der Waals surface area contributed by atoms with E-state index in [1.165, 1.54) is 0 Å². The minimum Gasteiger partial charge on any atom is -0.384 e. The summed E-state index contributed by atoms with van der Waals surface area (Å²) in [5.74, 6) is 5.24. The molecule has 0 radical (unpaired) electrons. The van der Waals surface area contributed by atoms with Gasteiger partial charge in [-0.1, -0.05) is 11.8 Å². The van der Waals surface area contributed by atoms with Crippen molar-refractivity contribution >= 4 is 11.6 Å². The molecule has 5 heteroatoms. The van der Waals surface area contributed by atoms with Gasteiger partial charge in [-0.15, -0.1) is 0 Å². The second kappa shape index (κ2) is 6.73. The molecule has 2 aromatic rings. The van der Waals surface area contributed by atoms with E-state index >= 15 is 0 Å². The SMILES string of the molecule is Cc1cc(C)n(CC(=O)Nc2ccc(C#CCO)cc2)n1. The van der Waals surface area contributed by atoms with Crippen LogP contribution in [-0.4, -0.2) is 27.4 Å². The van der Waals surface area contributed by atoms with Crippen molar-refractivity contribution in [2.45, 2.75) is 20.4 Å². The van der Waals surface area contributed by atoms with Crippen LogP contribution in [0.5, 0.6) is 0 Å². The van der Waals surface area contributed by atoms with Crippen molar-refractivity contribution in [3.63, 3.8) is 0 Å². The summed E-state index contributed by atoms with van der Waals surface area (Å²) in [6, 6.07) is 9.08. The molecule has 1 aromatic carbocycles. The van der Waals surface area contributed by atoms with Crippen LogP contribution in [0.15, 0.2) is 30.3 Å². The van der Waals surface area contributed by atoms with E-state index < -0.39 is 0 Å². The first-order valence-corrected chi connectivity index (χ1v) is 6.59. The molecule has 0 aliphatic heterocycles. The Kier molecular flexibility index (Phi) is 4.75. The lowest BCUT2D eigenvalue weighted by atomic mass is 10.2. The molecule has 108 valence electrons. The summed E-state index contributed by atoms with van der Waals surface area (Å²) in [4.78, 5) is 12.0. The molecule has 0 spiro atoms. The Hall–Kier alpha value is -2.58. The lowest BCUT2D eigenvalue weighted by Gasteiger charge is -2.06. The van der Waals surface area contributed by atoms with Crippen molar-refractivity contribution in [3.05, 3.63) is 47.3 Å². The minimum absolute atomic E-state index is 0.129. The summed E-state index contributed by atoms with van der Waals surface area (Å²) in [6.07, 6.45) is 0. The van der Waals surface area contributed by atoms with E-state index in [4.69, 9.17) is 5.11 Å². The van der Waals surface area contributed by atoms with Crippen LogP contribution in [0, 0.1) is 25.7 Å². The number of hydrogen-bond donors (Lipinski definition) is 2. The van der Waals surface area contributed by atoms with Crippen molar-refractivity contribution in [2.75, 3.05) is 11.9 Å². The number of aliphatic hydroxyl groups excluding tert-OH is 1. The molecule has 0 saturated heterocycles. The molecule has 0 saturated carbocycles. The highest BCUT2D eigenvalue weighted by Gasteiger charge is 2.07. The first-order valence-electron chi connectivity index (χ1n) is 6.59. The Morgan fingerprint density at radius 1 is 1.33 bits per heavy atom. The monoisotopic (exact) mass is 283 g/mol. The number of aliphatic hydroxyl groups is 1. The fraction of sp³-hybridized carbons (Fsp3) is 0.250. The van der Waals surface area contributed by atoms with Crippen LogP contribution in [0.3, 0.4) is 0 Å². The van der Waals surface area contributed by atoms with E-state index in [9.17, 15) is 4.79 Å². The van der Waals surface area contributed by atoms with E-state index in [1.54, 1.807) is 28.9 Å². The maximum absolute atomic E-state index is 12.0. The van der Waals surface area contributed by atoms with E-state index in [2.05, 4.69) is 22.3 Å². The fourth-order valence-corrected chi connectivity index (χ4v) is 1.95. The molecule has 0 aliphatic rings. The average molecular weight is 283 g/mol. The number of aryl methyl sites for hydroxylation is 2. The van der Waals surface area contributed by atoms with Gasteiger partial charge < -0.3 is 10.4 Å². The Morgan fingerprint density at radius 3 is 2.62 bits per heavy atom. The summed E-state index contributed by atoms with van der Waals surface area (Å²) in [7, 11) is 0. The van der Waals surface area contributed by atoms with E-state index in [1.807, 2.05) is 19.9 Å². The van der Waals surface area contributed by atoms with Gasteiger partial charge in [0.15, 0.2) is 0 Å². The van der Waals surface area contributed by atoms with Gasteiger partial charge in [-0.25, -0.2) is 0 Å². The van der Waals surface area contributed by atoms with Crippen LogP contribution >= 0.6 is 0 Å². The van der Waals surface area contributed by atoms with E-state index in [0.717, 1.165) is 17.0 Å². The average Bonchev–Trinajstić information content (AvgIpc) is 2.76. The van der Waals surface area contributed by atoms with Crippen molar-refractivity contribution in [1.29, 1.82) is 0 Å². The molecule has 0 fully saturated rings. The smallest absolute Gasteiger partial charge is 0.246 e. The normalized spacial score (nSPS) is 9.86. The lowest BCUT2D eigenvalue weighted by molar-refractivity contribution is -0.116.